The van der Waals surface area contributed by atoms with E-state index in [-0.39, 0.29) is 38.0 Å². The molecular formula is C24H30F3N5O5S. The third kappa shape index (κ3) is 5.80. The summed E-state index contributed by atoms with van der Waals surface area (Å²) in [6, 6.07) is 4.39. The van der Waals surface area contributed by atoms with Crippen LogP contribution < -0.4 is 5.32 Å². The predicted octanol–water partition coefficient (Wildman–Crippen LogP) is 1.26. The van der Waals surface area contributed by atoms with Crippen LogP contribution in [0.15, 0.2) is 24.3 Å². The molecule has 1 aromatic rings. The Morgan fingerprint density at radius 3 is 2.34 bits per heavy atom. The number of aliphatic hydroxyl groups is 1. The molecule has 3 atom stereocenters. The lowest BCUT2D eigenvalue weighted by atomic mass is 9.97. The molecule has 38 heavy (non-hydrogen) atoms. The third-order valence-electron chi connectivity index (χ3n) is 7.39. The molecule has 14 heteroatoms. The number of rotatable bonds is 7. The summed E-state index contributed by atoms with van der Waals surface area (Å²) in [6.45, 7) is 0.302. The van der Waals surface area contributed by atoms with Crippen LogP contribution in [0.5, 0.6) is 0 Å². The van der Waals surface area contributed by atoms with Gasteiger partial charge in [-0.3, -0.25) is 9.59 Å². The highest BCUT2D eigenvalue weighted by atomic mass is 32.2. The molecule has 3 aliphatic heterocycles. The number of nitrogens with zero attached hydrogens (tertiary/aromatic N) is 4. The number of aliphatic hydroxyl groups excluding tert-OH is 1. The molecule has 0 bridgehead atoms. The van der Waals surface area contributed by atoms with Gasteiger partial charge in [0, 0.05) is 32.7 Å². The summed E-state index contributed by atoms with van der Waals surface area (Å²) in [5, 5.41) is 21.4. The van der Waals surface area contributed by atoms with Crippen LogP contribution in [0.1, 0.15) is 42.9 Å². The largest absolute Gasteiger partial charge is 0.416 e. The molecule has 3 heterocycles. The number of likely N-dealkylation sites (tertiary alicyclic amines) is 1. The number of hydrogen-bond acceptors (Lipinski definition) is 6. The number of hydrogen-bond donors (Lipinski definition) is 2. The number of amides is 2. The van der Waals surface area contributed by atoms with Crippen LogP contribution in [0.4, 0.5) is 13.2 Å². The fourth-order valence-electron chi connectivity index (χ4n) is 5.17. The van der Waals surface area contributed by atoms with E-state index in [2.05, 4.69) is 5.32 Å². The van der Waals surface area contributed by atoms with Gasteiger partial charge in [0.05, 0.1) is 36.1 Å². The van der Waals surface area contributed by atoms with E-state index in [9.17, 15) is 36.3 Å². The zero-order valence-electron chi connectivity index (χ0n) is 20.6. The minimum Gasteiger partial charge on any atom is -0.394 e. The maximum Gasteiger partial charge on any atom is 0.416 e. The van der Waals surface area contributed by atoms with Gasteiger partial charge >= 0.3 is 6.18 Å². The molecule has 0 spiro atoms. The molecule has 10 nitrogen and oxygen atoms in total. The summed E-state index contributed by atoms with van der Waals surface area (Å²) >= 11 is 0. The fourth-order valence-corrected chi connectivity index (χ4v) is 6.96. The van der Waals surface area contributed by atoms with Gasteiger partial charge in [0.1, 0.15) is 6.04 Å². The Hall–Kier alpha value is -2.73. The van der Waals surface area contributed by atoms with Gasteiger partial charge in [-0.05, 0) is 43.4 Å². The zero-order valence-corrected chi connectivity index (χ0v) is 21.4. The smallest absolute Gasteiger partial charge is 0.394 e. The summed E-state index contributed by atoms with van der Waals surface area (Å²) in [4.78, 5) is 27.9. The highest BCUT2D eigenvalue weighted by molar-refractivity contribution is 7.86. The molecule has 3 fully saturated rings. The van der Waals surface area contributed by atoms with Gasteiger partial charge in [-0.25, -0.2) is 0 Å². The van der Waals surface area contributed by atoms with Gasteiger partial charge < -0.3 is 15.3 Å². The van der Waals surface area contributed by atoms with Gasteiger partial charge in [0.25, 0.3) is 10.2 Å². The third-order valence-corrected chi connectivity index (χ3v) is 9.33. The van der Waals surface area contributed by atoms with Crippen molar-refractivity contribution >= 4 is 22.0 Å². The normalized spacial score (nSPS) is 24.4. The lowest BCUT2D eigenvalue weighted by Gasteiger charge is -2.41. The van der Waals surface area contributed by atoms with Crippen LogP contribution in [0, 0.1) is 23.2 Å². The predicted molar refractivity (Wildman–Crippen MR) is 128 cm³/mol. The molecule has 0 saturated carbocycles. The van der Waals surface area contributed by atoms with E-state index in [1.54, 1.807) is 0 Å². The van der Waals surface area contributed by atoms with E-state index >= 15 is 0 Å². The average molecular weight is 558 g/mol. The Labute approximate surface area is 219 Å². The van der Waals surface area contributed by atoms with Crippen molar-refractivity contribution in [1.82, 2.24) is 18.8 Å². The number of nitriles is 1. The van der Waals surface area contributed by atoms with Crippen molar-refractivity contribution in [2.24, 2.45) is 11.8 Å². The highest BCUT2D eigenvalue weighted by Gasteiger charge is 2.44. The zero-order chi connectivity index (χ0) is 27.7. The van der Waals surface area contributed by atoms with E-state index in [0.29, 0.717) is 37.8 Å². The first-order valence-electron chi connectivity index (χ1n) is 12.5. The standard InChI is InChI=1S/C24H30F3N5O5S/c25-24(26,27)19-7-5-17(6-8-19)20(15-33)29-22(34)21-4-2-10-32(21)23(35)18-3-1-9-30(14-18)38(36,37)31-12-16(11-28)13-31/h5-8,16,18,20-21,33H,1-4,9-10,12-15H2,(H,29,34)/t18-,20?,21+/m0/s1. The van der Waals surface area contributed by atoms with Gasteiger partial charge in [-0.2, -0.15) is 35.5 Å². The van der Waals surface area contributed by atoms with Crippen molar-refractivity contribution in [3.63, 3.8) is 0 Å². The number of nitrogens with one attached hydrogen (secondary N) is 1. The maximum atomic E-state index is 13.4. The molecule has 0 radical (unpaired) electrons. The minimum absolute atomic E-state index is 0.00938. The highest BCUT2D eigenvalue weighted by Crippen LogP contribution is 2.31. The van der Waals surface area contributed by atoms with E-state index in [1.807, 2.05) is 6.07 Å². The first-order chi connectivity index (χ1) is 18.0. The van der Waals surface area contributed by atoms with Crippen molar-refractivity contribution in [3.05, 3.63) is 35.4 Å². The first kappa shape index (κ1) is 28.3. The lowest BCUT2D eigenvalue weighted by molar-refractivity contribution is -0.142. The number of piperidine rings is 1. The van der Waals surface area contributed by atoms with Gasteiger partial charge in [0.2, 0.25) is 11.8 Å². The van der Waals surface area contributed by atoms with Crippen molar-refractivity contribution in [2.75, 3.05) is 39.3 Å². The number of alkyl halides is 3. The molecule has 2 N–H and O–H groups in total. The maximum absolute atomic E-state index is 13.4. The van der Waals surface area contributed by atoms with Crippen LogP contribution >= 0.6 is 0 Å². The number of halogens is 3. The van der Waals surface area contributed by atoms with Crippen molar-refractivity contribution in [2.45, 2.75) is 43.9 Å². The lowest BCUT2D eigenvalue weighted by Crippen LogP contribution is -2.57. The van der Waals surface area contributed by atoms with Crippen LogP contribution in [0.25, 0.3) is 0 Å². The summed E-state index contributed by atoms with van der Waals surface area (Å²) in [6.07, 6.45) is -2.62. The molecule has 4 rings (SSSR count). The molecule has 0 aromatic heterocycles. The average Bonchev–Trinajstić information content (AvgIpc) is 3.36. The molecule has 3 saturated heterocycles. The van der Waals surface area contributed by atoms with E-state index < -0.39 is 52.5 Å². The Morgan fingerprint density at radius 2 is 1.74 bits per heavy atom. The second-order valence-electron chi connectivity index (χ2n) is 9.90. The second-order valence-corrected chi connectivity index (χ2v) is 11.8. The van der Waals surface area contributed by atoms with E-state index in [4.69, 9.17) is 5.26 Å². The van der Waals surface area contributed by atoms with Crippen LogP contribution in [-0.4, -0.2) is 84.2 Å². The SMILES string of the molecule is N#CC1CN(S(=O)(=O)N2CCC[C@H](C(=O)N3CCC[C@@H]3C(=O)NC(CO)c3ccc(C(F)(F)F)cc3)C2)C1. The van der Waals surface area contributed by atoms with Crippen molar-refractivity contribution < 1.29 is 36.3 Å². The Kier molecular flexibility index (Phi) is 8.32. The number of carbonyl (C=O) groups excluding carboxylic acids is 2. The molecule has 0 aliphatic carbocycles. The van der Waals surface area contributed by atoms with Gasteiger partial charge in [-0.15, -0.1) is 0 Å². The number of benzene rings is 1. The van der Waals surface area contributed by atoms with E-state index in [0.717, 1.165) is 12.1 Å². The summed E-state index contributed by atoms with van der Waals surface area (Å²) < 4.78 is 66.9. The summed E-state index contributed by atoms with van der Waals surface area (Å²) in [5.74, 6) is -1.81. The molecule has 1 aromatic carbocycles. The van der Waals surface area contributed by atoms with Crippen LogP contribution in [0.3, 0.4) is 0 Å². The summed E-state index contributed by atoms with van der Waals surface area (Å²) in [7, 11) is -3.78. The Bertz CT molecular complexity index is 1180. The Balaban J connectivity index is 1.39. The van der Waals surface area contributed by atoms with Crippen LogP contribution in [0.2, 0.25) is 0 Å². The van der Waals surface area contributed by atoms with E-state index in [1.165, 1.54) is 25.6 Å². The first-order valence-corrected chi connectivity index (χ1v) is 13.9. The molecule has 1 unspecified atom stereocenters. The quantitative estimate of drug-likeness (QED) is 0.519. The molecular weight excluding hydrogens is 527 g/mol. The van der Waals surface area contributed by atoms with Crippen molar-refractivity contribution in [1.29, 1.82) is 5.26 Å². The molecule has 2 amide bonds. The minimum atomic E-state index is -4.51. The number of carbonyl (C=O) groups is 2. The van der Waals surface area contributed by atoms with Crippen LogP contribution in [-0.2, 0) is 26.0 Å². The summed E-state index contributed by atoms with van der Waals surface area (Å²) in [5.41, 5.74) is -0.554. The van der Waals surface area contributed by atoms with Crippen molar-refractivity contribution in [3.8, 4) is 6.07 Å². The fraction of sp³-hybridized carbons (Fsp3) is 0.625. The molecule has 208 valence electrons. The topological polar surface area (TPSA) is 134 Å². The van der Waals surface area contributed by atoms with Gasteiger partial charge in [0.15, 0.2) is 0 Å². The monoisotopic (exact) mass is 557 g/mol. The molecule has 3 aliphatic rings. The Morgan fingerprint density at radius 1 is 1.08 bits per heavy atom. The second kappa shape index (κ2) is 11.2. The van der Waals surface area contributed by atoms with Gasteiger partial charge in [-0.1, -0.05) is 12.1 Å².